The summed E-state index contributed by atoms with van der Waals surface area (Å²) in [6.07, 6.45) is 2.46. The summed E-state index contributed by atoms with van der Waals surface area (Å²) >= 11 is 5.65. The highest BCUT2D eigenvalue weighted by molar-refractivity contribution is 8.00. The molecule has 0 heterocycles. The SMILES string of the molecule is CCCC(CCl)CCSC(F)(F)F. The Bertz CT molecular complexity index is 127. The van der Waals surface area contributed by atoms with E-state index >= 15 is 0 Å². The predicted octanol–water partition coefficient (Wildman–Crippen LogP) is 4.28. The summed E-state index contributed by atoms with van der Waals surface area (Å²) in [5.74, 6) is 0.828. The molecule has 0 saturated carbocycles. The van der Waals surface area contributed by atoms with E-state index in [1.807, 2.05) is 6.92 Å². The molecule has 0 saturated heterocycles. The van der Waals surface area contributed by atoms with Crippen molar-refractivity contribution in [1.29, 1.82) is 0 Å². The molecule has 0 spiro atoms. The molecule has 0 fully saturated rings. The molecule has 0 aliphatic rings. The number of rotatable bonds is 6. The van der Waals surface area contributed by atoms with Crippen LogP contribution in [0, 0.1) is 5.92 Å². The lowest BCUT2D eigenvalue weighted by Crippen LogP contribution is -2.07. The van der Waals surface area contributed by atoms with Gasteiger partial charge in [-0.25, -0.2) is 0 Å². The normalized spacial score (nSPS) is 14.5. The Morgan fingerprint density at radius 2 is 1.92 bits per heavy atom. The number of hydrogen-bond acceptors (Lipinski definition) is 1. The summed E-state index contributed by atoms with van der Waals surface area (Å²) in [7, 11) is 0. The Kier molecular flexibility index (Phi) is 7.05. The smallest absolute Gasteiger partial charge is 0.160 e. The quantitative estimate of drug-likeness (QED) is 0.618. The van der Waals surface area contributed by atoms with E-state index in [2.05, 4.69) is 0 Å². The van der Waals surface area contributed by atoms with Gasteiger partial charge in [-0.15, -0.1) is 11.6 Å². The fraction of sp³-hybridized carbons (Fsp3) is 1.00. The van der Waals surface area contributed by atoms with Gasteiger partial charge in [0.25, 0.3) is 0 Å². The first-order valence-corrected chi connectivity index (χ1v) is 5.78. The van der Waals surface area contributed by atoms with E-state index in [0.717, 1.165) is 12.8 Å². The molecule has 0 aromatic carbocycles. The molecule has 0 nitrogen and oxygen atoms in total. The van der Waals surface area contributed by atoms with Gasteiger partial charge >= 0.3 is 5.51 Å². The predicted molar refractivity (Wildman–Crippen MR) is 52.2 cm³/mol. The van der Waals surface area contributed by atoms with Crippen molar-refractivity contribution < 1.29 is 13.2 Å². The fourth-order valence-electron chi connectivity index (χ4n) is 1.05. The summed E-state index contributed by atoms with van der Waals surface area (Å²) in [5, 5.41) is 0. The Balaban J connectivity index is 3.49. The molecule has 80 valence electrons. The second-order valence-electron chi connectivity index (χ2n) is 2.89. The molecule has 0 rings (SSSR count). The van der Waals surface area contributed by atoms with Crippen LogP contribution in [-0.4, -0.2) is 17.1 Å². The van der Waals surface area contributed by atoms with Gasteiger partial charge in [0.05, 0.1) is 0 Å². The maximum atomic E-state index is 11.7. The lowest BCUT2D eigenvalue weighted by molar-refractivity contribution is -0.0328. The number of hydrogen-bond donors (Lipinski definition) is 0. The van der Waals surface area contributed by atoms with Crippen molar-refractivity contribution in [2.45, 2.75) is 31.7 Å². The van der Waals surface area contributed by atoms with Gasteiger partial charge in [0.2, 0.25) is 0 Å². The first-order valence-electron chi connectivity index (χ1n) is 4.26. The topological polar surface area (TPSA) is 0 Å². The van der Waals surface area contributed by atoms with Gasteiger partial charge in [0, 0.05) is 11.6 Å². The van der Waals surface area contributed by atoms with E-state index in [1.54, 1.807) is 0 Å². The minimum Gasteiger partial charge on any atom is -0.160 e. The molecule has 0 N–H and O–H groups in total. The van der Waals surface area contributed by atoms with Crippen LogP contribution in [0.3, 0.4) is 0 Å². The third-order valence-corrected chi connectivity index (χ3v) is 2.91. The van der Waals surface area contributed by atoms with Crippen LogP contribution in [0.1, 0.15) is 26.2 Å². The van der Waals surface area contributed by atoms with Crippen molar-refractivity contribution in [2.75, 3.05) is 11.6 Å². The largest absolute Gasteiger partial charge is 0.441 e. The summed E-state index contributed by atoms with van der Waals surface area (Å²) < 4.78 is 35.2. The molecular formula is C8H14ClF3S. The lowest BCUT2D eigenvalue weighted by atomic mass is 10.0. The summed E-state index contributed by atoms with van der Waals surface area (Å²) in [6, 6.07) is 0. The van der Waals surface area contributed by atoms with Crippen LogP contribution in [0.2, 0.25) is 0 Å². The highest BCUT2D eigenvalue weighted by Gasteiger charge is 2.27. The van der Waals surface area contributed by atoms with Crippen LogP contribution >= 0.6 is 23.4 Å². The van der Waals surface area contributed by atoms with E-state index < -0.39 is 5.51 Å². The third-order valence-electron chi connectivity index (χ3n) is 1.71. The monoisotopic (exact) mass is 234 g/mol. The Hall–Kier alpha value is 0.430. The van der Waals surface area contributed by atoms with Crippen molar-refractivity contribution in [3.63, 3.8) is 0 Å². The number of alkyl halides is 4. The molecule has 1 unspecified atom stereocenters. The average molecular weight is 235 g/mol. The van der Waals surface area contributed by atoms with Crippen molar-refractivity contribution >= 4 is 23.4 Å². The van der Waals surface area contributed by atoms with Gasteiger partial charge in [0.1, 0.15) is 0 Å². The van der Waals surface area contributed by atoms with Crippen molar-refractivity contribution in [1.82, 2.24) is 0 Å². The van der Waals surface area contributed by atoms with Crippen LogP contribution in [0.4, 0.5) is 13.2 Å². The van der Waals surface area contributed by atoms with Gasteiger partial charge in [0.15, 0.2) is 0 Å². The number of thioether (sulfide) groups is 1. The second-order valence-corrected chi connectivity index (χ2v) is 4.36. The van der Waals surface area contributed by atoms with Gasteiger partial charge < -0.3 is 0 Å². The van der Waals surface area contributed by atoms with E-state index in [-0.39, 0.29) is 23.4 Å². The highest BCUT2D eigenvalue weighted by Crippen LogP contribution is 2.31. The first kappa shape index (κ1) is 13.4. The van der Waals surface area contributed by atoms with E-state index in [1.165, 1.54) is 0 Å². The fourth-order valence-corrected chi connectivity index (χ4v) is 2.04. The summed E-state index contributed by atoms with van der Waals surface area (Å²) in [5.41, 5.74) is -4.09. The maximum Gasteiger partial charge on any atom is 0.441 e. The number of halogens is 4. The minimum absolute atomic E-state index is 0.0445. The maximum absolute atomic E-state index is 11.7. The van der Waals surface area contributed by atoms with Crippen LogP contribution in [-0.2, 0) is 0 Å². The minimum atomic E-state index is -4.09. The van der Waals surface area contributed by atoms with Crippen molar-refractivity contribution in [3.8, 4) is 0 Å². The zero-order chi connectivity index (χ0) is 10.3. The summed E-state index contributed by atoms with van der Waals surface area (Å²) in [6.45, 7) is 2.01. The molecule has 13 heavy (non-hydrogen) atoms. The molecule has 1 atom stereocenters. The molecular weight excluding hydrogens is 221 g/mol. The van der Waals surface area contributed by atoms with Gasteiger partial charge in [-0.2, -0.15) is 13.2 Å². The standard InChI is InChI=1S/C8H14ClF3S/c1-2-3-7(6-9)4-5-13-8(10,11)12/h7H,2-6H2,1H3. The Labute approximate surface area is 86.2 Å². The van der Waals surface area contributed by atoms with Crippen LogP contribution < -0.4 is 0 Å². The van der Waals surface area contributed by atoms with Crippen molar-refractivity contribution in [3.05, 3.63) is 0 Å². The molecule has 0 amide bonds. The lowest BCUT2D eigenvalue weighted by Gasteiger charge is -2.12. The van der Waals surface area contributed by atoms with Gasteiger partial charge in [-0.3, -0.25) is 0 Å². The van der Waals surface area contributed by atoms with Gasteiger partial charge in [-0.1, -0.05) is 25.1 Å². The molecule has 0 aliphatic heterocycles. The van der Waals surface area contributed by atoms with E-state index in [0.29, 0.717) is 12.3 Å². The molecule has 0 aliphatic carbocycles. The zero-order valence-electron chi connectivity index (χ0n) is 7.53. The van der Waals surface area contributed by atoms with E-state index in [9.17, 15) is 13.2 Å². The highest BCUT2D eigenvalue weighted by atomic mass is 35.5. The first-order chi connectivity index (χ1) is 5.99. The molecule has 0 radical (unpaired) electrons. The molecule has 0 aromatic rings. The zero-order valence-corrected chi connectivity index (χ0v) is 9.11. The molecule has 5 heteroatoms. The third kappa shape index (κ3) is 8.75. The Morgan fingerprint density at radius 1 is 1.31 bits per heavy atom. The second kappa shape index (κ2) is 6.82. The van der Waals surface area contributed by atoms with Crippen LogP contribution in [0.5, 0.6) is 0 Å². The molecule has 0 bridgehead atoms. The Morgan fingerprint density at radius 3 is 2.31 bits per heavy atom. The summed E-state index contributed by atoms with van der Waals surface area (Å²) in [4.78, 5) is 0. The molecule has 0 aromatic heterocycles. The average Bonchev–Trinajstić information content (AvgIpc) is 2.01. The van der Waals surface area contributed by atoms with Gasteiger partial charge in [-0.05, 0) is 18.8 Å². The van der Waals surface area contributed by atoms with Crippen LogP contribution in [0.15, 0.2) is 0 Å². The van der Waals surface area contributed by atoms with Crippen LogP contribution in [0.25, 0.3) is 0 Å². The van der Waals surface area contributed by atoms with Crippen molar-refractivity contribution in [2.24, 2.45) is 5.92 Å². The van der Waals surface area contributed by atoms with E-state index in [4.69, 9.17) is 11.6 Å².